The van der Waals surface area contributed by atoms with Crippen LogP contribution in [0.2, 0.25) is 0 Å². The van der Waals surface area contributed by atoms with Crippen molar-refractivity contribution in [3.8, 4) is 10.6 Å². The van der Waals surface area contributed by atoms with Crippen molar-refractivity contribution >= 4 is 23.0 Å². The summed E-state index contributed by atoms with van der Waals surface area (Å²) in [6.45, 7) is 2.61. The van der Waals surface area contributed by atoms with Crippen LogP contribution in [0.4, 0.5) is 11.6 Å². The van der Waals surface area contributed by atoms with Crippen LogP contribution in [0.25, 0.3) is 10.6 Å². The van der Waals surface area contributed by atoms with E-state index in [4.69, 9.17) is 10.5 Å². The van der Waals surface area contributed by atoms with Crippen molar-refractivity contribution in [3.05, 3.63) is 53.3 Å². The first kappa shape index (κ1) is 16.6. The lowest BCUT2D eigenvalue weighted by Crippen LogP contribution is -2.46. The van der Waals surface area contributed by atoms with Gasteiger partial charge in [-0.15, -0.1) is 11.3 Å². The van der Waals surface area contributed by atoms with Crippen LogP contribution in [-0.4, -0.2) is 34.6 Å². The monoisotopic (exact) mass is 379 g/mol. The molecule has 138 valence electrons. The summed E-state index contributed by atoms with van der Waals surface area (Å²) in [5, 5.41) is 0. The molecule has 0 bridgehead atoms. The number of hydrogen-bond acceptors (Lipinski definition) is 7. The molecule has 0 saturated carbocycles. The third-order valence-electron chi connectivity index (χ3n) is 5.48. The number of ether oxygens (including phenoxy) is 1. The molecule has 1 spiro atoms. The van der Waals surface area contributed by atoms with E-state index in [9.17, 15) is 0 Å². The number of nitrogens with two attached hydrogens (primary N) is 1. The zero-order valence-corrected chi connectivity index (χ0v) is 15.8. The lowest BCUT2D eigenvalue weighted by Gasteiger charge is -2.44. The molecule has 1 saturated heterocycles. The third-order valence-corrected chi connectivity index (χ3v) is 6.69. The molecule has 6 nitrogen and oxygen atoms in total. The van der Waals surface area contributed by atoms with Gasteiger partial charge in [0.2, 0.25) is 0 Å². The molecule has 0 aromatic carbocycles. The SMILES string of the molecule is Nc1cccc(-c2cc3c(s2)CCOC32CCN(c3cnccn3)CC2)n1. The number of nitrogens with zero attached hydrogens (tertiary/aromatic N) is 4. The third kappa shape index (κ3) is 2.96. The quantitative estimate of drug-likeness (QED) is 0.736. The summed E-state index contributed by atoms with van der Waals surface area (Å²) < 4.78 is 6.39. The first-order valence-electron chi connectivity index (χ1n) is 9.25. The van der Waals surface area contributed by atoms with E-state index >= 15 is 0 Å². The Morgan fingerprint density at radius 3 is 2.85 bits per heavy atom. The fraction of sp³-hybridized carbons (Fsp3) is 0.350. The van der Waals surface area contributed by atoms with E-state index in [0.717, 1.165) is 50.5 Å². The Morgan fingerprint density at radius 2 is 2.07 bits per heavy atom. The lowest BCUT2D eigenvalue weighted by atomic mass is 9.82. The number of fused-ring (bicyclic) bond motifs is 2. The fourth-order valence-corrected chi connectivity index (χ4v) is 5.30. The zero-order valence-electron chi connectivity index (χ0n) is 15.0. The largest absolute Gasteiger partial charge is 0.384 e. The number of rotatable bonds is 2. The Labute approximate surface area is 162 Å². The number of pyridine rings is 1. The fourth-order valence-electron chi connectivity index (χ4n) is 4.10. The molecule has 0 amide bonds. The highest BCUT2D eigenvalue weighted by Crippen LogP contribution is 2.46. The minimum Gasteiger partial charge on any atom is -0.384 e. The number of anilines is 2. The maximum absolute atomic E-state index is 6.39. The molecular formula is C20H21N5OS. The van der Waals surface area contributed by atoms with Gasteiger partial charge in [-0.3, -0.25) is 4.98 Å². The van der Waals surface area contributed by atoms with Crippen molar-refractivity contribution in [3.63, 3.8) is 0 Å². The maximum atomic E-state index is 6.39. The van der Waals surface area contributed by atoms with Gasteiger partial charge in [-0.25, -0.2) is 9.97 Å². The highest BCUT2D eigenvalue weighted by atomic mass is 32.1. The second kappa shape index (κ2) is 6.58. The van der Waals surface area contributed by atoms with Crippen LogP contribution in [0.1, 0.15) is 23.3 Å². The van der Waals surface area contributed by atoms with Gasteiger partial charge in [0.15, 0.2) is 0 Å². The molecule has 27 heavy (non-hydrogen) atoms. The summed E-state index contributed by atoms with van der Waals surface area (Å²) in [5.74, 6) is 1.50. The van der Waals surface area contributed by atoms with E-state index in [2.05, 4.69) is 25.9 Å². The minimum atomic E-state index is -0.193. The van der Waals surface area contributed by atoms with Crippen molar-refractivity contribution in [1.29, 1.82) is 0 Å². The maximum Gasteiger partial charge on any atom is 0.147 e. The molecule has 1 fully saturated rings. The van der Waals surface area contributed by atoms with Crippen LogP contribution < -0.4 is 10.6 Å². The van der Waals surface area contributed by atoms with Gasteiger partial charge >= 0.3 is 0 Å². The van der Waals surface area contributed by atoms with Gasteiger partial charge in [0.1, 0.15) is 11.6 Å². The molecule has 5 rings (SSSR count). The number of thiophene rings is 1. The van der Waals surface area contributed by atoms with E-state index in [-0.39, 0.29) is 5.60 Å². The summed E-state index contributed by atoms with van der Waals surface area (Å²) in [5.41, 5.74) is 7.97. The van der Waals surface area contributed by atoms with Crippen molar-refractivity contribution < 1.29 is 4.74 Å². The molecule has 2 N–H and O–H groups in total. The van der Waals surface area contributed by atoms with Gasteiger partial charge in [-0.1, -0.05) is 6.07 Å². The number of hydrogen-bond donors (Lipinski definition) is 1. The first-order valence-corrected chi connectivity index (χ1v) is 10.1. The van der Waals surface area contributed by atoms with Crippen LogP contribution in [0.15, 0.2) is 42.9 Å². The van der Waals surface area contributed by atoms with Gasteiger partial charge in [0.05, 0.1) is 29.0 Å². The highest BCUT2D eigenvalue weighted by molar-refractivity contribution is 7.15. The topological polar surface area (TPSA) is 77.2 Å². The van der Waals surface area contributed by atoms with Crippen molar-refractivity contribution in [2.24, 2.45) is 0 Å². The number of nitrogen functional groups attached to an aromatic ring is 1. The van der Waals surface area contributed by atoms with Gasteiger partial charge in [0.25, 0.3) is 0 Å². The van der Waals surface area contributed by atoms with Crippen molar-refractivity contribution in [2.45, 2.75) is 24.9 Å². The predicted octanol–water partition coefficient (Wildman–Crippen LogP) is 3.25. The Morgan fingerprint density at radius 1 is 1.19 bits per heavy atom. The lowest BCUT2D eigenvalue weighted by molar-refractivity contribution is -0.0757. The Bertz CT molecular complexity index is 950. The van der Waals surface area contributed by atoms with E-state index in [1.165, 1.54) is 15.3 Å². The van der Waals surface area contributed by atoms with E-state index in [1.54, 1.807) is 12.4 Å². The van der Waals surface area contributed by atoms with Crippen LogP contribution >= 0.6 is 11.3 Å². The zero-order chi connectivity index (χ0) is 18.3. The van der Waals surface area contributed by atoms with Crippen LogP contribution in [0.3, 0.4) is 0 Å². The molecule has 0 unspecified atom stereocenters. The molecule has 0 atom stereocenters. The molecule has 0 radical (unpaired) electrons. The molecule has 5 heterocycles. The van der Waals surface area contributed by atoms with E-state index in [1.807, 2.05) is 35.7 Å². The molecule has 2 aliphatic rings. The smallest absolute Gasteiger partial charge is 0.147 e. The van der Waals surface area contributed by atoms with Gasteiger partial charge < -0.3 is 15.4 Å². The van der Waals surface area contributed by atoms with Crippen molar-refractivity contribution in [1.82, 2.24) is 15.0 Å². The molecule has 7 heteroatoms. The van der Waals surface area contributed by atoms with Crippen LogP contribution in [0.5, 0.6) is 0 Å². The normalized spacial score (nSPS) is 18.4. The average Bonchev–Trinajstić information content (AvgIpc) is 3.16. The van der Waals surface area contributed by atoms with Gasteiger partial charge in [-0.05, 0) is 36.6 Å². The second-order valence-electron chi connectivity index (χ2n) is 7.04. The number of piperidine rings is 1. The van der Waals surface area contributed by atoms with Crippen molar-refractivity contribution in [2.75, 3.05) is 30.3 Å². The molecule has 2 aliphatic heterocycles. The van der Waals surface area contributed by atoms with Gasteiger partial charge in [0, 0.05) is 36.8 Å². The summed E-state index contributed by atoms with van der Waals surface area (Å²) in [7, 11) is 0. The van der Waals surface area contributed by atoms with Crippen LogP contribution in [0, 0.1) is 0 Å². The van der Waals surface area contributed by atoms with Gasteiger partial charge in [-0.2, -0.15) is 0 Å². The second-order valence-corrected chi connectivity index (χ2v) is 8.18. The molecule has 3 aromatic rings. The Kier molecular flexibility index (Phi) is 4.06. The van der Waals surface area contributed by atoms with E-state index in [0.29, 0.717) is 5.82 Å². The first-order chi connectivity index (χ1) is 13.2. The predicted molar refractivity (Wildman–Crippen MR) is 107 cm³/mol. The summed E-state index contributed by atoms with van der Waals surface area (Å²) in [4.78, 5) is 18.0. The Hall–Kier alpha value is -2.51. The number of aromatic nitrogens is 3. The minimum absolute atomic E-state index is 0.193. The van der Waals surface area contributed by atoms with E-state index < -0.39 is 0 Å². The molecule has 3 aromatic heterocycles. The molecule has 0 aliphatic carbocycles. The Balaban J connectivity index is 1.43. The standard InChI is InChI=1S/C20H21N5OS/c21-18-3-1-2-15(24-18)17-12-14-16(27-17)4-11-26-20(14)5-9-25(10-6-20)19-13-22-7-8-23-19/h1-3,7-8,12-13H,4-6,9-11H2,(H2,21,24). The van der Waals surface area contributed by atoms with Crippen LogP contribution in [-0.2, 0) is 16.8 Å². The highest BCUT2D eigenvalue weighted by Gasteiger charge is 2.42. The average molecular weight is 379 g/mol. The summed E-state index contributed by atoms with van der Waals surface area (Å²) in [6.07, 6.45) is 8.17. The summed E-state index contributed by atoms with van der Waals surface area (Å²) in [6, 6.07) is 8.09. The molecular weight excluding hydrogens is 358 g/mol. The summed E-state index contributed by atoms with van der Waals surface area (Å²) >= 11 is 1.83.